The predicted octanol–water partition coefficient (Wildman–Crippen LogP) is 2.01. The number of rotatable bonds is 5. The highest BCUT2D eigenvalue weighted by molar-refractivity contribution is 7.84. The van der Waals surface area contributed by atoms with E-state index >= 15 is 0 Å². The summed E-state index contributed by atoms with van der Waals surface area (Å²) in [5.41, 5.74) is -0.350. The predicted molar refractivity (Wildman–Crippen MR) is 75.9 cm³/mol. The zero-order valence-electron chi connectivity index (χ0n) is 11.2. The third-order valence-electron chi connectivity index (χ3n) is 3.71. The average molecular weight is 295 g/mol. The molecule has 20 heavy (non-hydrogen) atoms. The minimum Gasteiger partial charge on any atom is -0.481 e. The Labute approximate surface area is 119 Å². The standard InChI is InChI=1S/C14H17NO4S/c1-20(19)11-5-2-4-10(8-11)15-12(16)9-14(13(17)18)6-3-7-14/h2,4-5,8H,3,6-7,9H2,1H3,(H,15,16)(H,17,18). The fourth-order valence-corrected chi connectivity index (χ4v) is 2.90. The van der Waals surface area contributed by atoms with Gasteiger partial charge in [0.25, 0.3) is 0 Å². The largest absolute Gasteiger partial charge is 0.481 e. The zero-order valence-corrected chi connectivity index (χ0v) is 12.0. The van der Waals surface area contributed by atoms with E-state index in [2.05, 4.69) is 5.32 Å². The molecule has 0 aromatic heterocycles. The molecule has 1 aliphatic rings. The molecule has 0 saturated heterocycles. The highest BCUT2D eigenvalue weighted by atomic mass is 32.2. The first-order chi connectivity index (χ1) is 9.43. The summed E-state index contributed by atoms with van der Waals surface area (Å²) in [6.07, 6.45) is 3.50. The number of nitrogens with one attached hydrogen (secondary N) is 1. The zero-order chi connectivity index (χ0) is 14.8. The minimum absolute atomic E-state index is 0.0121. The Morgan fingerprint density at radius 1 is 1.40 bits per heavy atom. The van der Waals surface area contributed by atoms with Crippen molar-refractivity contribution in [3.63, 3.8) is 0 Å². The Morgan fingerprint density at radius 2 is 2.10 bits per heavy atom. The summed E-state index contributed by atoms with van der Waals surface area (Å²) in [5.74, 6) is -1.21. The number of amides is 1. The van der Waals surface area contributed by atoms with E-state index < -0.39 is 22.2 Å². The summed E-state index contributed by atoms with van der Waals surface area (Å²) < 4.78 is 11.4. The van der Waals surface area contributed by atoms with Gasteiger partial charge in [-0.05, 0) is 31.0 Å². The molecular weight excluding hydrogens is 278 g/mol. The first kappa shape index (κ1) is 14.7. The summed E-state index contributed by atoms with van der Waals surface area (Å²) in [6.45, 7) is 0. The van der Waals surface area contributed by atoms with Crippen LogP contribution in [0.3, 0.4) is 0 Å². The van der Waals surface area contributed by atoms with Crippen LogP contribution in [0.5, 0.6) is 0 Å². The van der Waals surface area contributed by atoms with E-state index in [1.807, 2.05) is 0 Å². The fourth-order valence-electron chi connectivity index (χ4n) is 2.33. The van der Waals surface area contributed by atoms with Crippen LogP contribution in [-0.2, 0) is 20.4 Å². The van der Waals surface area contributed by atoms with E-state index in [0.717, 1.165) is 6.42 Å². The van der Waals surface area contributed by atoms with Crippen LogP contribution >= 0.6 is 0 Å². The van der Waals surface area contributed by atoms with Crippen LogP contribution in [-0.4, -0.2) is 27.4 Å². The van der Waals surface area contributed by atoms with E-state index in [9.17, 15) is 18.9 Å². The van der Waals surface area contributed by atoms with E-state index in [1.165, 1.54) is 0 Å². The van der Waals surface area contributed by atoms with Gasteiger partial charge in [0.15, 0.2) is 0 Å². The molecule has 2 N–H and O–H groups in total. The van der Waals surface area contributed by atoms with Crippen molar-refractivity contribution in [2.45, 2.75) is 30.6 Å². The number of hydrogen-bond acceptors (Lipinski definition) is 3. The monoisotopic (exact) mass is 295 g/mol. The van der Waals surface area contributed by atoms with Crippen molar-refractivity contribution >= 4 is 28.4 Å². The lowest BCUT2D eigenvalue weighted by molar-refractivity contribution is -0.157. The van der Waals surface area contributed by atoms with Gasteiger partial charge in [-0.25, -0.2) is 0 Å². The van der Waals surface area contributed by atoms with Crippen molar-refractivity contribution in [2.75, 3.05) is 11.6 Å². The second kappa shape index (κ2) is 5.75. The molecule has 0 bridgehead atoms. The molecule has 0 aliphatic heterocycles. The van der Waals surface area contributed by atoms with Gasteiger partial charge in [0.05, 0.1) is 5.41 Å². The van der Waals surface area contributed by atoms with Crippen molar-refractivity contribution in [3.05, 3.63) is 24.3 Å². The second-order valence-electron chi connectivity index (χ2n) is 5.15. The van der Waals surface area contributed by atoms with Crippen LogP contribution < -0.4 is 5.32 Å². The third-order valence-corrected chi connectivity index (χ3v) is 4.63. The summed E-state index contributed by atoms with van der Waals surface area (Å²) in [6, 6.07) is 6.77. The van der Waals surface area contributed by atoms with Crippen molar-refractivity contribution in [1.29, 1.82) is 0 Å². The second-order valence-corrected chi connectivity index (χ2v) is 6.53. The van der Waals surface area contributed by atoms with E-state index in [4.69, 9.17) is 0 Å². The molecular formula is C14H17NO4S. The lowest BCUT2D eigenvalue weighted by atomic mass is 9.66. The summed E-state index contributed by atoms with van der Waals surface area (Å²) >= 11 is 0. The van der Waals surface area contributed by atoms with Gasteiger partial charge in [0.2, 0.25) is 5.91 Å². The molecule has 6 heteroatoms. The Hall–Kier alpha value is -1.69. The topological polar surface area (TPSA) is 83.5 Å². The highest BCUT2D eigenvalue weighted by Crippen LogP contribution is 2.44. The van der Waals surface area contributed by atoms with Gasteiger partial charge < -0.3 is 10.4 Å². The van der Waals surface area contributed by atoms with Crippen molar-refractivity contribution < 1.29 is 18.9 Å². The molecule has 0 radical (unpaired) electrons. The van der Waals surface area contributed by atoms with Gasteiger partial charge in [0, 0.05) is 34.1 Å². The van der Waals surface area contributed by atoms with Gasteiger partial charge in [-0.3, -0.25) is 13.8 Å². The average Bonchev–Trinajstić information content (AvgIpc) is 2.33. The molecule has 0 spiro atoms. The normalized spacial score (nSPS) is 17.9. The number of carboxylic acids is 1. The molecule has 5 nitrogen and oxygen atoms in total. The number of aliphatic carboxylic acids is 1. The first-order valence-corrected chi connectivity index (χ1v) is 7.95. The maximum Gasteiger partial charge on any atom is 0.310 e. The molecule has 1 saturated carbocycles. The maximum atomic E-state index is 12.0. The number of hydrogen-bond donors (Lipinski definition) is 2. The smallest absolute Gasteiger partial charge is 0.310 e. The van der Waals surface area contributed by atoms with Gasteiger partial charge in [-0.2, -0.15) is 0 Å². The van der Waals surface area contributed by atoms with Crippen molar-refractivity contribution in [3.8, 4) is 0 Å². The molecule has 1 aliphatic carbocycles. The fraction of sp³-hybridized carbons (Fsp3) is 0.429. The molecule has 1 aromatic carbocycles. The highest BCUT2D eigenvalue weighted by Gasteiger charge is 2.45. The Kier molecular flexibility index (Phi) is 4.23. The van der Waals surface area contributed by atoms with Crippen molar-refractivity contribution in [1.82, 2.24) is 0 Å². The minimum atomic E-state index is -1.12. The molecule has 1 atom stereocenters. The summed E-state index contributed by atoms with van der Waals surface area (Å²) in [4.78, 5) is 23.8. The summed E-state index contributed by atoms with van der Waals surface area (Å²) in [7, 11) is -1.12. The van der Waals surface area contributed by atoms with Gasteiger partial charge in [-0.15, -0.1) is 0 Å². The first-order valence-electron chi connectivity index (χ1n) is 6.40. The number of carboxylic acid groups (broad SMARTS) is 1. The Bertz CT molecular complexity index is 566. The number of carbonyl (C=O) groups is 2. The van der Waals surface area contributed by atoms with E-state index in [0.29, 0.717) is 23.4 Å². The Balaban J connectivity index is 2.03. The number of benzene rings is 1. The maximum absolute atomic E-state index is 12.0. The van der Waals surface area contributed by atoms with Crippen LogP contribution in [0.1, 0.15) is 25.7 Å². The van der Waals surface area contributed by atoms with Crippen LogP contribution in [0.15, 0.2) is 29.2 Å². The number of anilines is 1. The Morgan fingerprint density at radius 3 is 2.60 bits per heavy atom. The lowest BCUT2D eigenvalue weighted by Crippen LogP contribution is -2.41. The lowest BCUT2D eigenvalue weighted by Gasteiger charge is -2.36. The number of carbonyl (C=O) groups excluding carboxylic acids is 1. The molecule has 108 valence electrons. The van der Waals surface area contributed by atoms with Gasteiger partial charge in [0.1, 0.15) is 0 Å². The van der Waals surface area contributed by atoms with Gasteiger partial charge in [-0.1, -0.05) is 12.5 Å². The molecule has 0 heterocycles. The van der Waals surface area contributed by atoms with Crippen LogP contribution in [0.2, 0.25) is 0 Å². The van der Waals surface area contributed by atoms with Crippen LogP contribution in [0.4, 0.5) is 5.69 Å². The van der Waals surface area contributed by atoms with E-state index in [-0.39, 0.29) is 12.3 Å². The van der Waals surface area contributed by atoms with Crippen LogP contribution in [0, 0.1) is 5.41 Å². The molecule has 1 fully saturated rings. The molecule has 1 aromatic rings. The van der Waals surface area contributed by atoms with E-state index in [1.54, 1.807) is 30.5 Å². The van der Waals surface area contributed by atoms with Crippen molar-refractivity contribution in [2.24, 2.45) is 5.41 Å². The SMILES string of the molecule is CS(=O)c1cccc(NC(=O)CC2(C(=O)O)CCC2)c1. The van der Waals surface area contributed by atoms with Gasteiger partial charge >= 0.3 is 5.97 Å². The quantitative estimate of drug-likeness (QED) is 0.870. The molecule has 1 unspecified atom stereocenters. The summed E-state index contributed by atoms with van der Waals surface area (Å²) in [5, 5.41) is 11.9. The van der Waals surface area contributed by atoms with Crippen LogP contribution in [0.25, 0.3) is 0 Å². The third kappa shape index (κ3) is 3.07. The molecule has 1 amide bonds. The molecule has 2 rings (SSSR count).